The number of methoxy groups -OCH3 is 1. The second kappa shape index (κ2) is 5.31. The maximum absolute atomic E-state index is 12.1. The Morgan fingerprint density at radius 2 is 2.19 bits per heavy atom. The molecule has 0 spiro atoms. The summed E-state index contributed by atoms with van der Waals surface area (Å²) in [6.07, 6.45) is 1.98. The first-order valence-electron chi connectivity index (χ1n) is 7.14. The van der Waals surface area contributed by atoms with Crippen molar-refractivity contribution >= 4 is 23.3 Å². The van der Waals surface area contributed by atoms with Crippen LogP contribution in [0.15, 0.2) is 18.2 Å². The maximum atomic E-state index is 12.1. The number of hydrogen-bond acceptors (Lipinski definition) is 4. The van der Waals surface area contributed by atoms with Gasteiger partial charge in [0.05, 0.1) is 13.5 Å². The highest BCUT2D eigenvalue weighted by Crippen LogP contribution is 2.38. The van der Waals surface area contributed by atoms with E-state index in [1.165, 1.54) is 7.11 Å². The quantitative estimate of drug-likeness (QED) is 0.798. The van der Waals surface area contributed by atoms with E-state index in [0.29, 0.717) is 24.9 Å². The summed E-state index contributed by atoms with van der Waals surface area (Å²) in [6.45, 7) is 0.706. The van der Waals surface area contributed by atoms with Crippen LogP contribution in [0.1, 0.15) is 47.5 Å². The number of anilines is 1. The van der Waals surface area contributed by atoms with Crippen LogP contribution in [0.3, 0.4) is 0 Å². The Hall–Kier alpha value is -2.17. The monoisotopic (exact) mass is 287 g/mol. The molecule has 110 valence electrons. The van der Waals surface area contributed by atoms with E-state index < -0.39 is 0 Å². The Morgan fingerprint density at radius 1 is 1.38 bits per heavy atom. The number of benzene rings is 1. The minimum absolute atomic E-state index is 0.0346. The van der Waals surface area contributed by atoms with Gasteiger partial charge in [-0.3, -0.25) is 14.4 Å². The molecule has 1 amide bonds. The van der Waals surface area contributed by atoms with E-state index in [1.54, 1.807) is 11.0 Å². The zero-order valence-corrected chi connectivity index (χ0v) is 11.9. The van der Waals surface area contributed by atoms with Crippen molar-refractivity contribution in [3.05, 3.63) is 29.3 Å². The molecule has 5 nitrogen and oxygen atoms in total. The number of rotatable bonds is 3. The van der Waals surface area contributed by atoms with Crippen LogP contribution >= 0.6 is 0 Å². The molecule has 0 bridgehead atoms. The molecule has 21 heavy (non-hydrogen) atoms. The van der Waals surface area contributed by atoms with E-state index in [4.69, 9.17) is 0 Å². The van der Waals surface area contributed by atoms with Crippen molar-refractivity contribution in [3.8, 4) is 0 Å². The average Bonchev–Trinajstić information content (AvgIpc) is 3.03. The van der Waals surface area contributed by atoms with E-state index in [0.717, 1.165) is 17.7 Å². The smallest absolute Gasteiger partial charge is 0.306 e. The highest BCUT2D eigenvalue weighted by molar-refractivity contribution is 6.04. The molecule has 1 aliphatic heterocycles. The van der Waals surface area contributed by atoms with E-state index in [1.807, 2.05) is 12.1 Å². The third kappa shape index (κ3) is 2.44. The second-order valence-corrected chi connectivity index (χ2v) is 5.52. The fraction of sp³-hybridized carbons (Fsp3) is 0.438. The number of fused-ring (bicyclic) bond motifs is 1. The van der Waals surface area contributed by atoms with Crippen LogP contribution in [0.25, 0.3) is 0 Å². The molecule has 0 aromatic heterocycles. The predicted octanol–water partition coefficient (Wildman–Crippen LogP) is 2.05. The summed E-state index contributed by atoms with van der Waals surface area (Å²) in [5, 5.41) is 0. The van der Waals surface area contributed by atoms with Crippen molar-refractivity contribution in [1.82, 2.24) is 0 Å². The van der Waals surface area contributed by atoms with E-state index >= 15 is 0 Å². The molecule has 1 heterocycles. The first kappa shape index (κ1) is 13.8. The fourth-order valence-corrected chi connectivity index (χ4v) is 3.14. The van der Waals surface area contributed by atoms with Crippen molar-refractivity contribution in [2.24, 2.45) is 0 Å². The predicted molar refractivity (Wildman–Crippen MR) is 76.4 cm³/mol. The summed E-state index contributed by atoms with van der Waals surface area (Å²) >= 11 is 0. The molecule has 0 N–H and O–H groups in total. The van der Waals surface area contributed by atoms with Gasteiger partial charge < -0.3 is 9.64 Å². The van der Waals surface area contributed by atoms with Crippen molar-refractivity contribution in [3.63, 3.8) is 0 Å². The van der Waals surface area contributed by atoms with Gasteiger partial charge in [0.15, 0.2) is 5.78 Å². The summed E-state index contributed by atoms with van der Waals surface area (Å²) < 4.78 is 4.68. The standard InChI is InChI=1S/C16H17NO4/c1-21-16(20)8-10-7-14(18)13-9-11(4-5-12(10)13)17-6-2-3-15(17)19/h4-5,9-10H,2-3,6-8H2,1H3. The Kier molecular flexibility index (Phi) is 3.49. The summed E-state index contributed by atoms with van der Waals surface area (Å²) in [5.41, 5.74) is 2.31. The Balaban J connectivity index is 1.89. The van der Waals surface area contributed by atoms with Crippen LogP contribution in [-0.4, -0.2) is 31.3 Å². The van der Waals surface area contributed by atoms with Crippen molar-refractivity contribution in [2.45, 2.75) is 31.6 Å². The normalized spacial score (nSPS) is 20.8. The van der Waals surface area contributed by atoms with Crippen LogP contribution in [0.4, 0.5) is 5.69 Å². The third-order valence-electron chi connectivity index (χ3n) is 4.23. The lowest BCUT2D eigenvalue weighted by atomic mass is 9.97. The fourth-order valence-electron chi connectivity index (χ4n) is 3.14. The van der Waals surface area contributed by atoms with Gasteiger partial charge in [0.1, 0.15) is 0 Å². The van der Waals surface area contributed by atoms with Gasteiger partial charge in [-0.2, -0.15) is 0 Å². The molecule has 1 aromatic carbocycles. The summed E-state index contributed by atoms with van der Waals surface area (Å²) in [6, 6.07) is 5.53. The largest absolute Gasteiger partial charge is 0.469 e. The number of nitrogens with zero attached hydrogens (tertiary/aromatic N) is 1. The number of ketones is 1. The van der Waals surface area contributed by atoms with Gasteiger partial charge in [-0.15, -0.1) is 0 Å². The number of esters is 1. The van der Waals surface area contributed by atoms with Crippen molar-refractivity contribution < 1.29 is 19.1 Å². The lowest BCUT2D eigenvalue weighted by molar-refractivity contribution is -0.141. The molecule has 1 aliphatic carbocycles. The SMILES string of the molecule is COC(=O)CC1CC(=O)c2cc(N3CCCC3=O)ccc21. The minimum atomic E-state index is -0.306. The highest BCUT2D eigenvalue weighted by atomic mass is 16.5. The Labute approximate surface area is 122 Å². The molecule has 1 unspecified atom stereocenters. The van der Waals surface area contributed by atoms with Crippen LogP contribution in [0, 0.1) is 0 Å². The maximum Gasteiger partial charge on any atom is 0.306 e. The molecule has 1 saturated heterocycles. The molecule has 1 fully saturated rings. The zero-order valence-electron chi connectivity index (χ0n) is 11.9. The molecule has 2 aliphatic rings. The van der Waals surface area contributed by atoms with Gasteiger partial charge in [0.2, 0.25) is 5.91 Å². The van der Waals surface area contributed by atoms with Gasteiger partial charge in [0, 0.05) is 36.6 Å². The summed E-state index contributed by atoms with van der Waals surface area (Å²) in [4.78, 5) is 37.1. The Bertz CT molecular complexity index is 623. The van der Waals surface area contributed by atoms with Crippen LogP contribution in [0.5, 0.6) is 0 Å². The highest BCUT2D eigenvalue weighted by Gasteiger charge is 2.32. The number of ether oxygens (including phenoxy) is 1. The topological polar surface area (TPSA) is 63.7 Å². The van der Waals surface area contributed by atoms with Gasteiger partial charge in [-0.05, 0) is 24.1 Å². The van der Waals surface area contributed by atoms with Crippen LogP contribution in [0.2, 0.25) is 0 Å². The molecule has 3 rings (SSSR count). The molecule has 1 aromatic rings. The lowest BCUT2D eigenvalue weighted by Gasteiger charge is -2.17. The van der Waals surface area contributed by atoms with E-state index in [9.17, 15) is 14.4 Å². The van der Waals surface area contributed by atoms with Crippen molar-refractivity contribution in [2.75, 3.05) is 18.6 Å². The van der Waals surface area contributed by atoms with Crippen LogP contribution in [-0.2, 0) is 14.3 Å². The summed E-state index contributed by atoms with van der Waals surface area (Å²) in [7, 11) is 1.35. The van der Waals surface area contributed by atoms with Gasteiger partial charge in [-0.25, -0.2) is 0 Å². The zero-order chi connectivity index (χ0) is 15.0. The number of carbonyl (C=O) groups excluding carboxylic acids is 3. The molecule has 0 saturated carbocycles. The van der Waals surface area contributed by atoms with E-state index in [-0.39, 0.29) is 30.0 Å². The first-order chi connectivity index (χ1) is 10.1. The van der Waals surface area contributed by atoms with Crippen LogP contribution < -0.4 is 4.90 Å². The van der Waals surface area contributed by atoms with Gasteiger partial charge >= 0.3 is 5.97 Å². The first-order valence-corrected chi connectivity index (χ1v) is 7.14. The minimum Gasteiger partial charge on any atom is -0.469 e. The second-order valence-electron chi connectivity index (χ2n) is 5.52. The number of hydrogen-bond donors (Lipinski definition) is 0. The lowest BCUT2D eigenvalue weighted by Crippen LogP contribution is -2.23. The molecule has 1 atom stereocenters. The summed E-state index contributed by atoms with van der Waals surface area (Å²) in [5.74, 6) is -0.276. The molecule has 5 heteroatoms. The number of carbonyl (C=O) groups is 3. The molecular weight excluding hydrogens is 270 g/mol. The average molecular weight is 287 g/mol. The molecular formula is C16H17NO4. The van der Waals surface area contributed by atoms with Gasteiger partial charge in [-0.1, -0.05) is 6.07 Å². The van der Waals surface area contributed by atoms with E-state index in [2.05, 4.69) is 4.74 Å². The third-order valence-corrected chi connectivity index (χ3v) is 4.23. The van der Waals surface area contributed by atoms with Crippen molar-refractivity contribution in [1.29, 1.82) is 0 Å². The number of Topliss-reactive ketones (excluding diaryl/α,β-unsaturated/α-hetero) is 1. The number of amides is 1. The Morgan fingerprint density at radius 3 is 2.86 bits per heavy atom. The van der Waals surface area contributed by atoms with Gasteiger partial charge in [0.25, 0.3) is 0 Å². The molecule has 0 radical (unpaired) electrons.